The molecular weight excluding hydrogens is 262 g/mol. The van der Waals surface area contributed by atoms with Gasteiger partial charge in [0.25, 0.3) is 5.91 Å². The molecule has 21 heavy (non-hydrogen) atoms. The van der Waals surface area contributed by atoms with Crippen LogP contribution in [0.15, 0.2) is 18.2 Å². The second kappa shape index (κ2) is 6.94. The van der Waals surface area contributed by atoms with Crippen LogP contribution in [0.25, 0.3) is 0 Å². The molecule has 0 radical (unpaired) electrons. The predicted molar refractivity (Wildman–Crippen MR) is 85.9 cm³/mol. The van der Waals surface area contributed by atoms with Crippen LogP contribution in [0.5, 0.6) is 0 Å². The van der Waals surface area contributed by atoms with Gasteiger partial charge in [-0.3, -0.25) is 4.79 Å². The number of piperidine rings is 1. The van der Waals surface area contributed by atoms with Crippen molar-refractivity contribution < 1.29 is 4.79 Å². The molecule has 2 aliphatic heterocycles. The highest BCUT2D eigenvalue weighted by molar-refractivity contribution is 5.94. The number of rotatable bonds is 4. The molecule has 1 fully saturated rings. The number of likely N-dealkylation sites (tertiary alicyclic amines) is 1. The first-order chi connectivity index (χ1) is 10.3. The molecule has 1 amide bonds. The van der Waals surface area contributed by atoms with Crippen LogP contribution in [0.3, 0.4) is 0 Å². The molecule has 2 aliphatic rings. The highest BCUT2D eigenvalue weighted by Crippen LogP contribution is 2.22. The summed E-state index contributed by atoms with van der Waals surface area (Å²) in [6, 6.07) is 6.00. The summed E-state index contributed by atoms with van der Waals surface area (Å²) in [6.45, 7) is 5.11. The highest BCUT2D eigenvalue weighted by Gasteiger charge is 2.13. The van der Waals surface area contributed by atoms with E-state index in [1.54, 1.807) is 0 Å². The van der Waals surface area contributed by atoms with E-state index in [0.717, 1.165) is 38.0 Å². The topological polar surface area (TPSA) is 44.4 Å². The summed E-state index contributed by atoms with van der Waals surface area (Å²) in [4.78, 5) is 14.7. The average Bonchev–Trinajstić information content (AvgIpc) is 2.55. The molecule has 114 valence electrons. The van der Waals surface area contributed by atoms with E-state index in [0.29, 0.717) is 0 Å². The quantitative estimate of drug-likeness (QED) is 0.893. The van der Waals surface area contributed by atoms with Crippen LogP contribution in [-0.4, -0.2) is 43.5 Å². The van der Waals surface area contributed by atoms with Gasteiger partial charge in [-0.15, -0.1) is 0 Å². The number of nitrogens with one attached hydrogen (secondary N) is 2. The zero-order chi connectivity index (χ0) is 14.5. The number of hydrogen-bond acceptors (Lipinski definition) is 3. The van der Waals surface area contributed by atoms with E-state index in [2.05, 4.69) is 15.5 Å². The van der Waals surface area contributed by atoms with E-state index in [1.165, 1.54) is 43.6 Å². The standard InChI is InChI=1S/C17H25N3O/c21-17(19-9-12-20-10-2-1-3-11-20)15-6-7-16-14(13-15)5-4-8-18-16/h6-7,13,18H,1-5,8-12H2,(H,19,21). The fourth-order valence-electron chi connectivity index (χ4n) is 3.23. The Morgan fingerprint density at radius 1 is 1.19 bits per heavy atom. The van der Waals surface area contributed by atoms with Gasteiger partial charge >= 0.3 is 0 Å². The highest BCUT2D eigenvalue weighted by atomic mass is 16.1. The number of aryl methyl sites for hydroxylation is 1. The van der Waals surface area contributed by atoms with Crippen molar-refractivity contribution in [2.24, 2.45) is 0 Å². The Bertz CT molecular complexity index is 495. The number of amides is 1. The Hall–Kier alpha value is -1.55. The van der Waals surface area contributed by atoms with Crippen molar-refractivity contribution in [2.45, 2.75) is 32.1 Å². The van der Waals surface area contributed by atoms with Gasteiger partial charge in [0.15, 0.2) is 0 Å². The fraction of sp³-hybridized carbons (Fsp3) is 0.588. The zero-order valence-electron chi connectivity index (χ0n) is 12.7. The number of anilines is 1. The molecule has 1 aromatic rings. The fourth-order valence-corrected chi connectivity index (χ4v) is 3.23. The average molecular weight is 287 g/mol. The monoisotopic (exact) mass is 287 g/mol. The number of nitrogens with zero attached hydrogens (tertiary/aromatic N) is 1. The van der Waals surface area contributed by atoms with Gasteiger partial charge in [0.2, 0.25) is 0 Å². The maximum atomic E-state index is 12.2. The summed E-state index contributed by atoms with van der Waals surface area (Å²) in [7, 11) is 0. The third kappa shape index (κ3) is 3.76. The van der Waals surface area contributed by atoms with Crippen LogP contribution in [0.1, 0.15) is 41.6 Å². The first kappa shape index (κ1) is 14.4. The molecular formula is C17H25N3O. The Balaban J connectivity index is 1.50. The first-order valence-electron chi connectivity index (χ1n) is 8.20. The smallest absolute Gasteiger partial charge is 0.251 e. The van der Waals surface area contributed by atoms with Gasteiger partial charge in [0.1, 0.15) is 0 Å². The Labute approximate surface area is 126 Å². The van der Waals surface area contributed by atoms with Crippen LogP contribution in [0.2, 0.25) is 0 Å². The van der Waals surface area contributed by atoms with Gasteiger partial charge in [-0.1, -0.05) is 6.42 Å². The summed E-state index contributed by atoms with van der Waals surface area (Å²) in [5.74, 6) is 0.0559. The normalized spacial score (nSPS) is 18.7. The van der Waals surface area contributed by atoms with E-state index >= 15 is 0 Å². The lowest BCUT2D eigenvalue weighted by Crippen LogP contribution is -2.37. The number of benzene rings is 1. The lowest BCUT2D eigenvalue weighted by Gasteiger charge is -2.26. The number of carbonyl (C=O) groups excluding carboxylic acids is 1. The molecule has 4 nitrogen and oxygen atoms in total. The van der Waals surface area contributed by atoms with Gasteiger partial charge in [-0.2, -0.15) is 0 Å². The third-order valence-electron chi connectivity index (χ3n) is 4.47. The SMILES string of the molecule is O=C(NCCN1CCCCC1)c1ccc2c(c1)CCCN2. The van der Waals surface area contributed by atoms with Crippen molar-refractivity contribution in [3.05, 3.63) is 29.3 Å². The predicted octanol–water partition coefficient (Wildman–Crippen LogP) is 2.26. The van der Waals surface area contributed by atoms with E-state index in [1.807, 2.05) is 18.2 Å². The van der Waals surface area contributed by atoms with Crippen molar-refractivity contribution in [1.29, 1.82) is 0 Å². The molecule has 3 rings (SSSR count). The maximum absolute atomic E-state index is 12.2. The first-order valence-corrected chi connectivity index (χ1v) is 8.20. The second-order valence-electron chi connectivity index (χ2n) is 6.06. The molecule has 0 aromatic heterocycles. The number of fused-ring (bicyclic) bond motifs is 1. The van der Waals surface area contributed by atoms with Crippen molar-refractivity contribution in [3.63, 3.8) is 0 Å². The molecule has 0 atom stereocenters. The van der Waals surface area contributed by atoms with E-state index in [-0.39, 0.29) is 5.91 Å². The Morgan fingerprint density at radius 2 is 2.05 bits per heavy atom. The van der Waals surface area contributed by atoms with E-state index < -0.39 is 0 Å². The second-order valence-corrected chi connectivity index (χ2v) is 6.06. The van der Waals surface area contributed by atoms with Crippen molar-refractivity contribution in [2.75, 3.05) is 38.0 Å². The summed E-state index contributed by atoms with van der Waals surface area (Å²) in [5.41, 5.74) is 3.24. The lowest BCUT2D eigenvalue weighted by atomic mass is 10.0. The Morgan fingerprint density at radius 3 is 2.90 bits per heavy atom. The Kier molecular flexibility index (Phi) is 4.76. The summed E-state index contributed by atoms with van der Waals surface area (Å²) < 4.78 is 0. The van der Waals surface area contributed by atoms with Gasteiger partial charge in [-0.25, -0.2) is 0 Å². The molecule has 2 heterocycles. The van der Waals surface area contributed by atoms with Crippen molar-refractivity contribution >= 4 is 11.6 Å². The van der Waals surface area contributed by atoms with E-state index in [4.69, 9.17) is 0 Å². The van der Waals surface area contributed by atoms with Crippen LogP contribution in [-0.2, 0) is 6.42 Å². The minimum absolute atomic E-state index is 0.0559. The molecule has 0 unspecified atom stereocenters. The molecule has 1 aromatic carbocycles. The maximum Gasteiger partial charge on any atom is 0.251 e. The van der Waals surface area contributed by atoms with Crippen LogP contribution < -0.4 is 10.6 Å². The molecule has 0 bridgehead atoms. The number of carbonyl (C=O) groups is 1. The lowest BCUT2D eigenvalue weighted by molar-refractivity contribution is 0.0946. The van der Waals surface area contributed by atoms with Gasteiger partial charge in [0.05, 0.1) is 0 Å². The molecule has 0 saturated carbocycles. The summed E-state index contributed by atoms with van der Waals surface area (Å²) in [6.07, 6.45) is 6.16. The van der Waals surface area contributed by atoms with Crippen molar-refractivity contribution in [1.82, 2.24) is 10.2 Å². The van der Waals surface area contributed by atoms with Gasteiger partial charge in [0, 0.05) is 30.9 Å². The minimum Gasteiger partial charge on any atom is -0.385 e. The largest absolute Gasteiger partial charge is 0.385 e. The summed E-state index contributed by atoms with van der Waals surface area (Å²) >= 11 is 0. The van der Waals surface area contributed by atoms with Crippen LogP contribution >= 0.6 is 0 Å². The van der Waals surface area contributed by atoms with E-state index in [9.17, 15) is 4.79 Å². The zero-order valence-corrected chi connectivity index (χ0v) is 12.7. The van der Waals surface area contributed by atoms with Gasteiger partial charge in [-0.05, 0) is 62.5 Å². The molecule has 0 aliphatic carbocycles. The van der Waals surface area contributed by atoms with Crippen LogP contribution in [0, 0.1) is 0 Å². The van der Waals surface area contributed by atoms with Crippen LogP contribution in [0.4, 0.5) is 5.69 Å². The third-order valence-corrected chi connectivity index (χ3v) is 4.47. The minimum atomic E-state index is 0.0559. The summed E-state index contributed by atoms with van der Waals surface area (Å²) in [5, 5.41) is 6.43. The number of hydrogen-bond donors (Lipinski definition) is 2. The molecule has 4 heteroatoms. The van der Waals surface area contributed by atoms with Crippen molar-refractivity contribution in [3.8, 4) is 0 Å². The molecule has 0 spiro atoms. The molecule has 1 saturated heterocycles. The van der Waals surface area contributed by atoms with Gasteiger partial charge < -0.3 is 15.5 Å². The molecule has 2 N–H and O–H groups in total.